The first-order chi connectivity index (χ1) is 34.0. The fourth-order valence-electron chi connectivity index (χ4n) is 11.8. The highest BCUT2D eigenvalue weighted by Crippen LogP contribution is 2.69. The van der Waals surface area contributed by atoms with E-state index >= 15 is 0 Å². The number of halogens is 18. The molecule has 33 heteroatoms. The summed E-state index contributed by atoms with van der Waals surface area (Å²) >= 11 is 0. The number of carbonyl (C=O) groups excluding carboxylic acids is 7. The van der Waals surface area contributed by atoms with Crippen LogP contribution in [-0.2, 0) is 71.5 Å². The van der Waals surface area contributed by atoms with Gasteiger partial charge >= 0.3 is 78.8 Å². The lowest BCUT2D eigenvalue weighted by molar-refractivity contribution is -0.315. The summed E-state index contributed by atoms with van der Waals surface area (Å²) in [5, 5.41) is 0. The van der Waals surface area contributed by atoms with Gasteiger partial charge in [-0.15, -0.1) is 0 Å². The number of alkyl halides is 18. The third-order valence-corrected chi connectivity index (χ3v) is 15.0. The summed E-state index contributed by atoms with van der Waals surface area (Å²) in [5.74, 6) is -24.1. The Morgan fingerprint density at radius 3 is 1.49 bits per heavy atom. The molecule has 5 rings (SSSR count). The monoisotopic (exact) mass is 1130 g/mol. The molecule has 0 N–H and O–H groups in total. The van der Waals surface area contributed by atoms with Crippen LogP contribution in [0.15, 0.2) is 0 Å². The summed E-state index contributed by atoms with van der Waals surface area (Å²) in [5.41, 5.74) is -1.64. The third kappa shape index (κ3) is 13.8. The number of hydrogen-bond donors (Lipinski definition) is 0. The molecule has 1 heterocycles. The first kappa shape index (κ1) is 60.9. The first-order valence-electron chi connectivity index (χ1n) is 22.5. The molecule has 15 atom stereocenters. The molecule has 4 aliphatic carbocycles. The van der Waals surface area contributed by atoms with Gasteiger partial charge < -0.3 is 37.9 Å². The topological polar surface area (TPSA) is 193 Å². The fraction of sp³-hybridized carbons (Fsp3) is 0.833. The average molecular weight is 1130 g/mol. The molecular weight excluding hydrogens is 1090 g/mol. The lowest BCUT2D eigenvalue weighted by Crippen LogP contribution is -2.64. The van der Waals surface area contributed by atoms with Gasteiger partial charge in [-0.1, -0.05) is 20.8 Å². The smallest absolute Gasteiger partial charge is 0.456 e. The quantitative estimate of drug-likeness (QED) is 0.103. The van der Waals surface area contributed by atoms with Crippen LogP contribution in [0.3, 0.4) is 0 Å². The second-order valence-corrected chi connectivity index (χ2v) is 19.4. The van der Waals surface area contributed by atoms with Gasteiger partial charge in [0.2, 0.25) is 12.4 Å². The van der Waals surface area contributed by atoms with Crippen molar-refractivity contribution in [3.8, 4) is 0 Å². The van der Waals surface area contributed by atoms with Gasteiger partial charge in [-0.25, -0.2) is 28.8 Å². The Morgan fingerprint density at radius 1 is 0.520 bits per heavy atom. The molecule has 4 saturated carbocycles. The van der Waals surface area contributed by atoms with Gasteiger partial charge in [0.1, 0.15) is 24.9 Å². The predicted molar refractivity (Wildman–Crippen MR) is 200 cm³/mol. The molecular formula is C42H44F18O15. The molecule has 0 aromatic heterocycles. The standard InChI is InChI=1S/C42H44F18O15/c1-15(18-5-6-19-24-20(9-11-36(18,19)3)35(2)10-8-17(69-30(63)38(46,47)48)12-16(35)13-21(24)71-31(64)39(49,50)51)4-7-23(61)72-28-27(75-34(67)42(58,59)60)26(74-33(66)41(55,56)57)25(73-32(65)40(52,53)54)22(70-28)14-68-29(62)37(43,44)45/h15-22,24-28H,4-14H2,1-3H3/t15-,16?,17-,18-,19?,20?,21+,22-,24?,25-,26+,27-,28+,35+,36-/m1/s1. The van der Waals surface area contributed by atoms with Crippen molar-refractivity contribution in [2.45, 2.75) is 165 Å². The summed E-state index contributed by atoms with van der Waals surface area (Å²) in [6.07, 6.45) is -55.6. The maximum atomic E-state index is 13.7. The summed E-state index contributed by atoms with van der Waals surface area (Å²) in [7, 11) is 0. The Balaban J connectivity index is 1.41. The van der Waals surface area contributed by atoms with Gasteiger partial charge in [0.05, 0.1) is 0 Å². The largest absolute Gasteiger partial charge is 0.490 e. The molecule has 428 valence electrons. The zero-order valence-electron chi connectivity index (χ0n) is 38.7. The molecule has 0 bridgehead atoms. The molecule has 0 amide bonds. The second kappa shape index (κ2) is 21.4. The van der Waals surface area contributed by atoms with Gasteiger partial charge in [0, 0.05) is 12.3 Å². The Hall–Kier alpha value is -5.01. The lowest BCUT2D eigenvalue weighted by atomic mass is 9.43. The molecule has 4 unspecified atom stereocenters. The maximum Gasteiger partial charge on any atom is 0.490 e. The van der Waals surface area contributed by atoms with Crippen LogP contribution in [0.2, 0.25) is 0 Å². The van der Waals surface area contributed by atoms with E-state index in [1.165, 1.54) is 0 Å². The molecule has 0 aromatic carbocycles. The molecule has 75 heavy (non-hydrogen) atoms. The minimum Gasteiger partial charge on any atom is -0.456 e. The highest BCUT2D eigenvalue weighted by atomic mass is 19.4. The van der Waals surface area contributed by atoms with Crippen molar-refractivity contribution in [2.24, 2.45) is 46.3 Å². The summed E-state index contributed by atoms with van der Waals surface area (Å²) in [4.78, 5) is 85.0. The van der Waals surface area contributed by atoms with E-state index in [-0.39, 0.29) is 51.4 Å². The van der Waals surface area contributed by atoms with Gasteiger partial charge in [0.15, 0.2) is 12.2 Å². The number of carbonyl (C=O) groups is 7. The van der Waals surface area contributed by atoms with Crippen molar-refractivity contribution in [3.05, 3.63) is 0 Å². The van der Waals surface area contributed by atoms with E-state index in [9.17, 15) is 113 Å². The Morgan fingerprint density at radius 2 is 0.973 bits per heavy atom. The van der Waals surface area contributed by atoms with E-state index in [1.807, 2.05) is 0 Å². The minimum absolute atomic E-state index is 0.0439. The highest BCUT2D eigenvalue weighted by molar-refractivity contribution is 5.79. The zero-order chi connectivity index (χ0) is 57.0. The number of rotatable bonds is 12. The van der Waals surface area contributed by atoms with E-state index in [4.69, 9.17) is 14.2 Å². The fourth-order valence-corrected chi connectivity index (χ4v) is 11.8. The van der Waals surface area contributed by atoms with Gasteiger partial charge in [0.25, 0.3) is 0 Å². The molecule has 0 aromatic rings. The molecule has 5 aliphatic rings. The van der Waals surface area contributed by atoms with Crippen LogP contribution >= 0.6 is 0 Å². The third-order valence-electron chi connectivity index (χ3n) is 15.0. The molecule has 15 nitrogen and oxygen atoms in total. The average Bonchev–Trinajstić information content (AvgIpc) is 3.62. The Labute approximate surface area is 410 Å². The lowest BCUT2D eigenvalue weighted by Gasteiger charge is -2.62. The molecule has 0 spiro atoms. The van der Waals surface area contributed by atoms with Crippen LogP contribution in [0.1, 0.15) is 85.0 Å². The molecule has 5 fully saturated rings. The van der Waals surface area contributed by atoms with E-state index in [0.29, 0.717) is 6.42 Å². The van der Waals surface area contributed by atoms with Crippen molar-refractivity contribution in [3.63, 3.8) is 0 Å². The van der Waals surface area contributed by atoms with Crippen LogP contribution in [0.5, 0.6) is 0 Å². The summed E-state index contributed by atoms with van der Waals surface area (Å²) in [6.45, 7) is 2.94. The Bertz CT molecular complexity index is 2160. The van der Waals surface area contributed by atoms with E-state index < -0.39 is 181 Å². The van der Waals surface area contributed by atoms with Crippen LogP contribution < -0.4 is 0 Å². The van der Waals surface area contributed by atoms with E-state index in [2.05, 4.69) is 23.7 Å². The molecule has 1 saturated heterocycles. The van der Waals surface area contributed by atoms with Gasteiger partial charge in [-0.05, 0) is 98.2 Å². The van der Waals surface area contributed by atoms with Crippen molar-refractivity contribution >= 4 is 41.8 Å². The van der Waals surface area contributed by atoms with Gasteiger partial charge in [-0.2, -0.15) is 79.0 Å². The number of hydrogen-bond acceptors (Lipinski definition) is 15. The first-order valence-corrected chi connectivity index (χ1v) is 22.5. The SMILES string of the molecule is C[C@H](CCC(=O)O[C@@H]1O[C@H](COC(=O)C(F)(F)F)[C@@H](OC(=O)C(F)(F)F)[C@H](OC(=O)C(F)(F)F)[C@H]1OC(=O)C(F)(F)F)[C@H]1CCC2C3C(CC[C@@]21C)[C@@]1(C)CC[C@@H](OC(=O)C(F)(F)F)CC1C[C@@H]3OC(=O)C(F)(F)F. The van der Waals surface area contributed by atoms with Crippen LogP contribution in [0.25, 0.3) is 0 Å². The number of esters is 7. The molecule has 0 radical (unpaired) electrons. The van der Waals surface area contributed by atoms with Crippen LogP contribution in [0, 0.1) is 46.3 Å². The minimum atomic E-state index is -6.24. The highest BCUT2D eigenvalue weighted by Gasteiger charge is 2.66. The molecule has 1 aliphatic heterocycles. The summed E-state index contributed by atoms with van der Waals surface area (Å²) < 4.78 is 276. The zero-order valence-corrected chi connectivity index (χ0v) is 38.7. The van der Waals surface area contributed by atoms with Crippen molar-refractivity contribution in [2.75, 3.05) is 6.61 Å². The maximum absolute atomic E-state index is 13.7. The van der Waals surface area contributed by atoms with Crippen LogP contribution in [0.4, 0.5) is 79.0 Å². The van der Waals surface area contributed by atoms with E-state index in [0.717, 1.165) is 0 Å². The van der Waals surface area contributed by atoms with Crippen molar-refractivity contribution in [1.82, 2.24) is 0 Å². The Kier molecular flexibility index (Phi) is 17.4. The summed E-state index contributed by atoms with van der Waals surface area (Å²) in [6, 6.07) is 0. The van der Waals surface area contributed by atoms with Crippen molar-refractivity contribution in [1.29, 1.82) is 0 Å². The normalized spacial score (nSPS) is 33.8. The van der Waals surface area contributed by atoms with E-state index in [1.54, 1.807) is 20.8 Å². The number of ether oxygens (including phenoxy) is 8. The van der Waals surface area contributed by atoms with Gasteiger partial charge in [-0.3, -0.25) is 4.79 Å². The second-order valence-electron chi connectivity index (χ2n) is 19.4. The number of fused-ring (bicyclic) bond motifs is 5. The van der Waals surface area contributed by atoms with Crippen molar-refractivity contribution < 1.29 is 150 Å². The van der Waals surface area contributed by atoms with Crippen LogP contribution in [-0.4, -0.2) is 128 Å². The predicted octanol–water partition coefficient (Wildman–Crippen LogP) is 8.42.